The zero-order valence-electron chi connectivity index (χ0n) is 16.3. The van der Waals surface area contributed by atoms with E-state index in [-0.39, 0.29) is 41.5 Å². The number of amides is 2. The van der Waals surface area contributed by atoms with Crippen molar-refractivity contribution in [1.82, 2.24) is 20.2 Å². The molecule has 1 atom stereocenters. The van der Waals surface area contributed by atoms with Crippen molar-refractivity contribution in [3.8, 4) is 0 Å². The van der Waals surface area contributed by atoms with Crippen LogP contribution in [0.4, 0.5) is 23.8 Å². The third-order valence-electron chi connectivity index (χ3n) is 5.85. The van der Waals surface area contributed by atoms with E-state index < -0.39 is 21.7 Å². The standard InChI is InChI=1S/C18H24F3N5O3S/c19-18(20,21)15-9-16(23-11-22-15)26(13-1-2-13)14-3-6-25(7-4-14)17(27)24-12-5-8-30(28,29)10-12/h9,11-14H,1-8,10H2,(H,24,27). The van der Waals surface area contributed by atoms with Crippen molar-refractivity contribution >= 4 is 21.7 Å². The van der Waals surface area contributed by atoms with E-state index in [4.69, 9.17) is 0 Å². The number of alkyl halides is 3. The van der Waals surface area contributed by atoms with Gasteiger partial charge in [-0.05, 0) is 32.1 Å². The van der Waals surface area contributed by atoms with Crippen molar-refractivity contribution in [3.63, 3.8) is 0 Å². The van der Waals surface area contributed by atoms with Gasteiger partial charge in [-0.15, -0.1) is 0 Å². The van der Waals surface area contributed by atoms with Crippen molar-refractivity contribution in [3.05, 3.63) is 18.1 Å². The first-order chi connectivity index (χ1) is 14.1. The smallest absolute Gasteiger partial charge is 0.350 e. The lowest BCUT2D eigenvalue weighted by Gasteiger charge is -2.39. The van der Waals surface area contributed by atoms with Crippen LogP contribution < -0.4 is 10.2 Å². The van der Waals surface area contributed by atoms with Gasteiger partial charge in [-0.3, -0.25) is 0 Å². The van der Waals surface area contributed by atoms with Crippen LogP contribution >= 0.6 is 0 Å². The van der Waals surface area contributed by atoms with Crippen molar-refractivity contribution in [1.29, 1.82) is 0 Å². The number of hydrogen-bond donors (Lipinski definition) is 1. The van der Waals surface area contributed by atoms with E-state index in [0.717, 1.165) is 25.2 Å². The number of nitrogens with zero attached hydrogens (tertiary/aromatic N) is 4. The van der Waals surface area contributed by atoms with E-state index in [0.29, 0.717) is 32.4 Å². The van der Waals surface area contributed by atoms with Crippen molar-refractivity contribution < 1.29 is 26.4 Å². The van der Waals surface area contributed by atoms with E-state index in [9.17, 15) is 26.4 Å². The molecular weight excluding hydrogens is 423 g/mol. The first-order valence-corrected chi connectivity index (χ1v) is 11.9. The van der Waals surface area contributed by atoms with E-state index in [2.05, 4.69) is 15.3 Å². The molecule has 1 N–H and O–H groups in total. The first-order valence-electron chi connectivity index (χ1n) is 10.1. The number of aromatic nitrogens is 2. The highest BCUT2D eigenvalue weighted by atomic mass is 32.2. The predicted molar refractivity (Wildman–Crippen MR) is 103 cm³/mol. The number of urea groups is 1. The van der Waals surface area contributed by atoms with E-state index >= 15 is 0 Å². The normalized spacial score (nSPS) is 24.6. The molecule has 1 aromatic rings. The monoisotopic (exact) mass is 447 g/mol. The molecular formula is C18H24F3N5O3S. The largest absolute Gasteiger partial charge is 0.433 e. The number of piperidine rings is 1. The van der Waals surface area contributed by atoms with Crippen LogP contribution in [0.2, 0.25) is 0 Å². The molecule has 1 unspecified atom stereocenters. The molecule has 3 aliphatic rings. The molecule has 2 saturated heterocycles. The molecule has 3 fully saturated rings. The summed E-state index contributed by atoms with van der Waals surface area (Å²) >= 11 is 0. The number of nitrogens with one attached hydrogen (secondary N) is 1. The molecule has 1 aliphatic carbocycles. The van der Waals surface area contributed by atoms with Gasteiger partial charge in [-0.2, -0.15) is 13.2 Å². The summed E-state index contributed by atoms with van der Waals surface area (Å²) in [6.45, 7) is 0.910. The van der Waals surface area contributed by atoms with Crippen LogP contribution in [0.5, 0.6) is 0 Å². The number of sulfone groups is 1. The number of carbonyl (C=O) groups excluding carboxylic acids is 1. The van der Waals surface area contributed by atoms with Crippen LogP contribution in [-0.2, 0) is 16.0 Å². The van der Waals surface area contributed by atoms with E-state index in [1.165, 1.54) is 0 Å². The third kappa shape index (κ3) is 4.79. The molecule has 166 valence electrons. The Kier molecular flexibility index (Phi) is 5.54. The summed E-state index contributed by atoms with van der Waals surface area (Å²) in [7, 11) is -3.07. The summed E-state index contributed by atoms with van der Waals surface area (Å²) in [6, 6.07) is 0.511. The van der Waals surface area contributed by atoms with Crippen molar-refractivity contribution in [2.24, 2.45) is 0 Å². The lowest BCUT2D eigenvalue weighted by molar-refractivity contribution is -0.141. The van der Waals surface area contributed by atoms with Gasteiger partial charge >= 0.3 is 12.2 Å². The second-order valence-corrected chi connectivity index (χ2v) is 10.4. The lowest BCUT2D eigenvalue weighted by Crippen LogP contribution is -2.52. The zero-order chi connectivity index (χ0) is 21.5. The molecule has 12 heteroatoms. The second kappa shape index (κ2) is 7.86. The number of halogens is 3. The van der Waals surface area contributed by atoms with Gasteiger partial charge in [0, 0.05) is 37.3 Å². The fraction of sp³-hybridized carbons (Fsp3) is 0.722. The van der Waals surface area contributed by atoms with Gasteiger partial charge in [0.2, 0.25) is 0 Å². The molecule has 1 aromatic heterocycles. The average Bonchev–Trinajstić information content (AvgIpc) is 3.45. The van der Waals surface area contributed by atoms with E-state index in [1.54, 1.807) is 4.90 Å². The summed E-state index contributed by atoms with van der Waals surface area (Å²) < 4.78 is 62.3. The van der Waals surface area contributed by atoms with Crippen LogP contribution in [0.25, 0.3) is 0 Å². The molecule has 2 amide bonds. The van der Waals surface area contributed by atoms with Crippen LogP contribution in [0.3, 0.4) is 0 Å². The molecule has 1 saturated carbocycles. The predicted octanol–water partition coefficient (Wildman–Crippen LogP) is 1.83. The van der Waals surface area contributed by atoms with Crippen LogP contribution in [-0.4, -0.2) is 72.0 Å². The van der Waals surface area contributed by atoms with Gasteiger partial charge in [0.15, 0.2) is 9.84 Å². The molecule has 3 heterocycles. The molecule has 2 aliphatic heterocycles. The number of likely N-dealkylation sites (tertiary alicyclic amines) is 1. The maximum atomic E-state index is 13.0. The van der Waals surface area contributed by atoms with Gasteiger partial charge < -0.3 is 15.1 Å². The maximum Gasteiger partial charge on any atom is 0.433 e. The summed E-state index contributed by atoms with van der Waals surface area (Å²) in [6.07, 6.45) is -0.121. The molecule has 0 bridgehead atoms. The second-order valence-electron chi connectivity index (χ2n) is 8.17. The topological polar surface area (TPSA) is 95.5 Å². The molecule has 30 heavy (non-hydrogen) atoms. The van der Waals surface area contributed by atoms with Crippen LogP contribution in [0.1, 0.15) is 37.8 Å². The van der Waals surface area contributed by atoms with Crippen molar-refractivity contribution in [2.75, 3.05) is 29.5 Å². The molecule has 0 radical (unpaired) electrons. The van der Waals surface area contributed by atoms with Gasteiger partial charge in [-0.1, -0.05) is 0 Å². The number of carbonyl (C=O) groups is 1. The highest BCUT2D eigenvalue weighted by Crippen LogP contribution is 2.37. The summed E-state index contributed by atoms with van der Waals surface area (Å²) in [5, 5.41) is 2.79. The summed E-state index contributed by atoms with van der Waals surface area (Å²) in [4.78, 5) is 23.5. The SMILES string of the molecule is O=C(NC1CCS(=O)(=O)C1)N1CCC(N(c2cc(C(F)(F)F)ncn2)C2CC2)CC1. The highest BCUT2D eigenvalue weighted by Gasteiger charge is 2.39. The Morgan fingerprint density at radius 3 is 2.33 bits per heavy atom. The molecule has 0 aromatic carbocycles. The quantitative estimate of drug-likeness (QED) is 0.757. The minimum Gasteiger partial charge on any atom is -0.350 e. The lowest BCUT2D eigenvalue weighted by atomic mass is 10.0. The number of hydrogen-bond acceptors (Lipinski definition) is 6. The Morgan fingerprint density at radius 1 is 1.10 bits per heavy atom. The Labute approximate surface area is 172 Å². The van der Waals surface area contributed by atoms with Crippen molar-refractivity contribution in [2.45, 2.75) is 56.4 Å². The third-order valence-corrected chi connectivity index (χ3v) is 7.62. The Morgan fingerprint density at radius 2 is 1.77 bits per heavy atom. The van der Waals surface area contributed by atoms with Gasteiger partial charge in [-0.25, -0.2) is 23.2 Å². The summed E-state index contributed by atoms with van der Waals surface area (Å²) in [5.41, 5.74) is -0.957. The van der Waals surface area contributed by atoms with Gasteiger partial charge in [0.1, 0.15) is 17.8 Å². The van der Waals surface area contributed by atoms with Gasteiger partial charge in [0.25, 0.3) is 0 Å². The Hall–Kier alpha value is -2.11. The van der Waals surface area contributed by atoms with Crippen LogP contribution in [0, 0.1) is 0 Å². The van der Waals surface area contributed by atoms with Gasteiger partial charge in [0.05, 0.1) is 11.5 Å². The fourth-order valence-corrected chi connectivity index (χ4v) is 5.86. The Bertz CT molecular complexity index is 899. The van der Waals surface area contributed by atoms with Crippen LogP contribution in [0.15, 0.2) is 12.4 Å². The number of anilines is 1. The number of rotatable bonds is 4. The zero-order valence-corrected chi connectivity index (χ0v) is 17.1. The summed E-state index contributed by atoms with van der Waals surface area (Å²) in [5.74, 6) is 0.341. The fourth-order valence-electron chi connectivity index (χ4n) is 4.19. The minimum atomic E-state index is -4.53. The Balaban J connectivity index is 1.38. The molecule has 8 nitrogen and oxygen atoms in total. The average molecular weight is 447 g/mol. The molecule has 0 spiro atoms. The highest BCUT2D eigenvalue weighted by molar-refractivity contribution is 7.91. The first kappa shape index (κ1) is 21.1. The molecule has 4 rings (SSSR count). The minimum absolute atomic E-state index is 0.00982. The maximum absolute atomic E-state index is 13.0. The van der Waals surface area contributed by atoms with E-state index in [1.807, 2.05) is 4.90 Å².